The van der Waals surface area contributed by atoms with Crippen molar-refractivity contribution in [2.45, 2.75) is 19.8 Å². The van der Waals surface area contributed by atoms with Gasteiger partial charge in [0, 0.05) is 17.3 Å². The van der Waals surface area contributed by atoms with Gasteiger partial charge in [-0.05, 0) is 18.1 Å². The lowest BCUT2D eigenvalue weighted by molar-refractivity contribution is 0.387. The molecule has 0 aliphatic rings. The quantitative estimate of drug-likeness (QED) is 0.897. The standard InChI is InChI=1S/C14H17FN4O/c1-8(2)12-13(16)17-7-18-14(12)19-9-4-5-10(15)11(6-9)20-3/h4-8H,1-3H3,(H3,16,17,18,19). The van der Waals surface area contributed by atoms with Crippen molar-refractivity contribution in [1.82, 2.24) is 9.97 Å². The molecule has 2 rings (SSSR count). The van der Waals surface area contributed by atoms with Gasteiger partial charge in [0.15, 0.2) is 11.6 Å². The molecule has 1 aromatic heterocycles. The van der Waals surface area contributed by atoms with Crippen molar-refractivity contribution in [3.8, 4) is 5.75 Å². The van der Waals surface area contributed by atoms with Crippen LogP contribution < -0.4 is 15.8 Å². The predicted molar refractivity (Wildman–Crippen MR) is 76.8 cm³/mol. The first-order valence-corrected chi connectivity index (χ1v) is 6.24. The van der Waals surface area contributed by atoms with Gasteiger partial charge in [-0.15, -0.1) is 0 Å². The summed E-state index contributed by atoms with van der Waals surface area (Å²) in [4.78, 5) is 8.19. The van der Waals surface area contributed by atoms with Crippen LogP contribution in [-0.4, -0.2) is 17.1 Å². The zero-order valence-corrected chi connectivity index (χ0v) is 11.6. The molecule has 0 spiro atoms. The maximum absolute atomic E-state index is 13.4. The minimum absolute atomic E-state index is 0.168. The Kier molecular flexibility index (Phi) is 4.02. The number of nitrogens with one attached hydrogen (secondary N) is 1. The van der Waals surface area contributed by atoms with E-state index in [1.54, 1.807) is 12.1 Å². The van der Waals surface area contributed by atoms with Gasteiger partial charge >= 0.3 is 0 Å². The van der Waals surface area contributed by atoms with Crippen LogP contribution in [0.5, 0.6) is 5.75 Å². The van der Waals surface area contributed by atoms with Crippen LogP contribution in [0, 0.1) is 5.82 Å². The molecular formula is C14H17FN4O. The van der Waals surface area contributed by atoms with Crippen molar-refractivity contribution in [1.29, 1.82) is 0 Å². The van der Waals surface area contributed by atoms with E-state index in [1.807, 2.05) is 13.8 Å². The third-order valence-electron chi connectivity index (χ3n) is 2.91. The van der Waals surface area contributed by atoms with Crippen molar-refractivity contribution >= 4 is 17.3 Å². The zero-order valence-electron chi connectivity index (χ0n) is 11.6. The first-order chi connectivity index (χ1) is 9.52. The number of halogens is 1. The summed E-state index contributed by atoms with van der Waals surface area (Å²) in [7, 11) is 1.42. The Balaban J connectivity index is 2.37. The minimum atomic E-state index is -0.413. The highest BCUT2D eigenvalue weighted by atomic mass is 19.1. The van der Waals surface area contributed by atoms with Crippen LogP contribution in [0.3, 0.4) is 0 Å². The van der Waals surface area contributed by atoms with Gasteiger partial charge in [0.25, 0.3) is 0 Å². The molecule has 0 atom stereocenters. The minimum Gasteiger partial charge on any atom is -0.494 e. The highest BCUT2D eigenvalue weighted by Gasteiger charge is 2.13. The van der Waals surface area contributed by atoms with E-state index in [4.69, 9.17) is 10.5 Å². The van der Waals surface area contributed by atoms with Gasteiger partial charge in [0.2, 0.25) is 0 Å². The Bertz CT molecular complexity index is 616. The average molecular weight is 276 g/mol. The molecule has 0 amide bonds. The van der Waals surface area contributed by atoms with E-state index >= 15 is 0 Å². The Morgan fingerprint density at radius 3 is 2.70 bits per heavy atom. The Morgan fingerprint density at radius 2 is 2.05 bits per heavy atom. The molecule has 6 heteroatoms. The Hall–Kier alpha value is -2.37. The summed E-state index contributed by atoms with van der Waals surface area (Å²) in [6.07, 6.45) is 1.39. The normalized spacial score (nSPS) is 10.7. The Labute approximate surface area is 117 Å². The van der Waals surface area contributed by atoms with E-state index in [2.05, 4.69) is 15.3 Å². The molecule has 0 aliphatic carbocycles. The summed E-state index contributed by atoms with van der Waals surface area (Å²) in [5.74, 6) is 0.973. The molecule has 20 heavy (non-hydrogen) atoms. The maximum Gasteiger partial charge on any atom is 0.165 e. The summed E-state index contributed by atoms with van der Waals surface area (Å²) in [6.45, 7) is 4.01. The van der Waals surface area contributed by atoms with E-state index < -0.39 is 5.82 Å². The fourth-order valence-electron chi connectivity index (χ4n) is 1.95. The highest BCUT2D eigenvalue weighted by molar-refractivity contribution is 5.65. The molecule has 0 fully saturated rings. The summed E-state index contributed by atoms with van der Waals surface area (Å²) in [5, 5.41) is 3.12. The van der Waals surface area contributed by atoms with E-state index in [-0.39, 0.29) is 11.7 Å². The monoisotopic (exact) mass is 276 g/mol. The van der Waals surface area contributed by atoms with Crippen LogP contribution in [0.4, 0.5) is 21.7 Å². The lowest BCUT2D eigenvalue weighted by Gasteiger charge is -2.15. The Morgan fingerprint density at radius 1 is 1.30 bits per heavy atom. The second-order valence-corrected chi connectivity index (χ2v) is 4.65. The molecule has 0 bridgehead atoms. The zero-order chi connectivity index (χ0) is 14.7. The van der Waals surface area contributed by atoms with Crippen LogP contribution >= 0.6 is 0 Å². The summed E-state index contributed by atoms with van der Waals surface area (Å²) in [5.41, 5.74) is 7.38. The predicted octanol–water partition coefficient (Wildman–Crippen LogP) is 3.07. The summed E-state index contributed by atoms with van der Waals surface area (Å²) < 4.78 is 18.3. The lowest BCUT2D eigenvalue weighted by Crippen LogP contribution is -2.06. The molecule has 5 nitrogen and oxygen atoms in total. The number of nitrogens with two attached hydrogens (primary N) is 1. The fourth-order valence-corrected chi connectivity index (χ4v) is 1.95. The van der Waals surface area contributed by atoms with Crippen molar-refractivity contribution < 1.29 is 9.13 Å². The van der Waals surface area contributed by atoms with Crippen LogP contribution in [-0.2, 0) is 0 Å². The van der Waals surface area contributed by atoms with Gasteiger partial charge in [0.05, 0.1) is 7.11 Å². The van der Waals surface area contributed by atoms with Crippen molar-refractivity contribution in [2.75, 3.05) is 18.2 Å². The van der Waals surface area contributed by atoms with E-state index in [0.717, 1.165) is 5.56 Å². The molecule has 0 saturated heterocycles. The molecule has 3 N–H and O–H groups in total. The topological polar surface area (TPSA) is 73.1 Å². The molecule has 0 aliphatic heterocycles. The smallest absolute Gasteiger partial charge is 0.165 e. The summed E-state index contributed by atoms with van der Waals surface area (Å²) in [6, 6.07) is 4.51. The third-order valence-corrected chi connectivity index (χ3v) is 2.91. The third kappa shape index (κ3) is 2.79. The molecule has 0 radical (unpaired) electrons. The van der Waals surface area contributed by atoms with Gasteiger partial charge in [-0.25, -0.2) is 14.4 Å². The number of nitrogen functional groups attached to an aromatic ring is 1. The highest BCUT2D eigenvalue weighted by Crippen LogP contribution is 2.30. The number of rotatable bonds is 4. The second kappa shape index (κ2) is 5.73. The van der Waals surface area contributed by atoms with Gasteiger partial charge < -0.3 is 15.8 Å². The molecule has 1 aromatic carbocycles. The van der Waals surface area contributed by atoms with E-state index in [9.17, 15) is 4.39 Å². The van der Waals surface area contributed by atoms with E-state index in [0.29, 0.717) is 17.3 Å². The molecule has 0 saturated carbocycles. The summed E-state index contributed by atoms with van der Waals surface area (Å²) >= 11 is 0. The molecule has 106 valence electrons. The van der Waals surface area contributed by atoms with Crippen LogP contribution in [0.1, 0.15) is 25.3 Å². The van der Waals surface area contributed by atoms with Gasteiger partial charge in [0.1, 0.15) is 18.0 Å². The van der Waals surface area contributed by atoms with Gasteiger partial charge in [-0.2, -0.15) is 0 Å². The number of methoxy groups -OCH3 is 1. The SMILES string of the molecule is COc1cc(Nc2ncnc(N)c2C(C)C)ccc1F. The number of anilines is 3. The van der Waals surface area contributed by atoms with Crippen LogP contribution in [0.25, 0.3) is 0 Å². The maximum atomic E-state index is 13.4. The van der Waals surface area contributed by atoms with Crippen molar-refractivity contribution in [3.63, 3.8) is 0 Å². The lowest BCUT2D eigenvalue weighted by atomic mass is 10.0. The largest absolute Gasteiger partial charge is 0.494 e. The van der Waals surface area contributed by atoms with Gasteiger partial charge in [-0.3, -0.25) is 0 Å². The molecule has 2 aromatic rings. The number of hydrogen-bond donors (Lipinski definition) is 2. The second-order valence-electron chi connectivity index (χ2n) is 4.65. The number of ether oxygens (including phenoxy) is 1. The number of aromatic nitrogens is 2. The average Bonchev–Trinajstić information content (AvgIpc) is 2.40. The molecule has 0 unspecified atom stereocenters. The number of benzene rings is 1. The first kappa shape index (κ1) is 14.0. The molecule has 1 heterocycles. The number of hydrogen-bond acceptors (Lipinski definition) is 5. The van der Waals surface area contributed by atoms with Crippen molar-refractivity contribution in [3.05, 3.63) is 35.9 Å². The van der Waals surface area contributed by atoms with Crippen LogP contribution in [0.15, 0.2) is 24.5 Å². The van der Waals surface area contributed by atoms with Gasteiger partial charge in [-0.1, -0.05) is 13.8 Å². The van der Waals surface area contributed by atoms with E-state index in [1.165, 1.54) is 19.5 Å². The first-order valence-electron chi connectivity index (χ1n) is 6.24. The molecular weight excluding hydrogens is 259 g/mol. The number of nitrogens with zero attached hydrogens (tertiary/aromatic N) is 2. The van der Waals surface area contributed by atoms with Crippen molar-refractivity contribution in [2.24, 2.45) is 0 Å². The fraction of sp³-hybridized carbons (Fsp3) is 0.286. The van der Waals surface area contributed by atoms with Crippen LogP contribution in [0.2, 0.25) is 0 Å².